The highest BCUT2D eigenvalue weighted by Gasteiger charge is 2.55. The molecular formula is C77H81N9O16S5. The van der Waals surface area contributed by atoms with Crippen LogP contribution in [0.15, 0.2) is 201 Å². The number of alkyl carbamates (subject to hydrolysis) is 1. The minimum atomic E-state index is -4.40. The molecule has 0 radical (unpaired) electrons. The van der Waals surface area contributed by atoms with Crippen molar-refractivity contribution in [3.8, 4) is 5.75 Å². The van der Waals surface area contributed by atoms with Crippen LogP contribution in [-0.2, 0) is 69.6 Å². The highest BCUT2D eigenvalue weighted by atomic mass is 32.2. The summed E-state index contributed by atoms with van der Waals surface area (Å²) < 4.78 is 83.1. The average Bonchev–Trinajstić information content (AvgIpc) is 0.826. The first kappa shape index (κ1) is 76.9. The van der Waals surface area contributed by atoms with Gasteiger partial charge in [0.05, 0.1) is 15.5 Å². The van der Waals surface area contributed by atoms with E-state index in [0.29, 0.717) is 87.7 Å². The molecule has 1 aliphatic carbocycles. The molecule has 5 heterocycles. The quantitative estimate of drug-likeness (QED) is 0.00830. The molecule has 0 bridgehead atoms. The second-order valence-corrected chi connectivity index (χ2v) is 33.5. The van der Waals surface area contributed by atoms with Crippen molar-refractivity contribution in [1.82, 2.24) is 35.8 Å². The van der Waals surface area contributed by atoms with Crippen LogP contribution in [0.1, 0.15) is 86.8 Å². The van der Waals surface area contributed by atoms with Gasteiger partial charge in [-0.05, 0) is 142 Å². The second kappa shape index (κ2) is 33.6. The minimum Gasteiger partial charge on any atom is -0.456 e. The predicted molar refractivity (Wildman–Crippen MR) is 408 cm³/mol. The van der Waals surface area contributed by atoms with E-state index in [4.69, 9.17) is 14.2 Å². The smallest absolute Gasteiger partial charge is 0.408 e. The van der Waals surface area contributed by atoms with Gasteiger partial charge in [0, 0.05) is 113 Å². The Balaban J connectivity index is 0.674. The molecule has 560 valence electrons. The van der Waals surface area contributed by atoms with Gasteiger partial charge >= 0.3 is 12.1 Å². The van der Waals surface area contributed by atoms with Crippen LogP contribution in [0.25, 0.3) is 5.57 Å². The first-order valence-electron chi connectivity index (χ1n) is 34.9. The number of hydrogen-bond acceptors (Lipinski definition) is 19. The number of carbonyl (C=O) groups excluding carboxylic acids is 8. The van der Waals surface area contributed by atoms with Crippen molar-refractivity contribution in [2.24, 2.45) is 5.92 Å². The summed E-state index contributed by atoms with van der Waals surface area (Å²) >= 11 is 3.88. The number of nitrogens with one attached hydrogen (secondary N) is 6. The number of fused-ring (bicyclic) bond motifs is 4. The number of ether oxygens (including phenoxy) is 3. The normalized spacial score (nSPS) is 17.4. The Bertz CT molecular complexity index is 4770. The Hall–Kier alpha value is -9.69. The molecule has 3 atom stereocenters. The fourth-order valence-corrected chi connectivity index (χ4v) is 18.7. The summed E-state index contributed by atoms with van der Waals surface area (Å²) in [6, 6.07) is 40.3. The highest BCUT2D eigenvalue weighted by molar-refractivity contribution is 8.01. The van der Waals surface area contributed by atoms with E-state index in [9.17, 15) is 51.3 Å². The number of benzene rings is 6. The summed E-state index contributed by atoms with van der Waals surface area (Å²) in [5.74, 6) is -2.65. The third kappa shape index (κ3) is 18.3. The second-order valence-electron chi connectivity index (χ2n) is 27.0. The average molecular weight is 1550 g/mol. The highest BCUT2D eigenvalue weighted by Crippen LogP contribution is 2.49. The molecule has 12 rings (SSSR count). The van der Waals surface area contributed by atoms with Crippen molar-refractivity contribution < 1.29 is 74.0 Å². The zero-order chi connectivity index (χ0) is 75.7. The van der Waals surface area contributed by atoms with Crippen LogP contribution in [0.2, 0.25) is 0 Å². The molecule has 6 aromatic rings. The van der Waals surface area contributed by atoms with E-state index >= 15 is 8.42 Å². The topological polar surface area (TPSA) is 335 Å². The standard InChI is InChI=1S/C77H81N9O16S5/c1-77(2,3)102-76(94)80-42-65(88)83-68-73(92)86-69(75(93)101-70(47-16-7-5-8-17-47)48-18-9-6-10-19-48)51(44-105-74(68)86)43-104-54-28-25-52(26-29-54)81-66(89)46-103-45-59(72(91)79-36-15-24-64(87)78-4)82-71(90)49-33-37-84(38-34-49)106(95,96)63-23-14-12-21-58(63)67-56-20-11-13-22-61(56)100-62-41-53(27-31-57(62)67)85-39-35-50-40-55(107(97,98)99)30-32-60(50)85/h5-12,14,16-23,25-32,40-41,49,59,68,70,74H,13,15,24,33-39,42-46H2,1-4H3,(H,78,87)(H,79,91)(H,80,94)(H,81,89)(H,82,90)(H,83,88)(H,97,98,99). The van der Waals surface area contributed by atoms with Gasteiger partial charge in [0.2, 0.25) is 39.6 Å². The number of esters is 1. The van der Waals surface area contributed by atoms with Gasteiger partial charge < -0.3 is 51.0 Å². The number of β-lactam (4-membered cyclic amide) rings is 1. The zero-order valence-corrected chi connectivity index (χ0v) is 63.1. The van der Waals surface area contributed by atoms with Gasteiger partial charge in [-0.1, -0.05) is 91.0 Å². The maximum absolute atomic E-state index is 15.0. The number of allylic oxidation sites excluding steroid dienone is 3. The van der Waals surface area contributed by atoms with Crippen molar-refractivity contribution in [1.29, 1.82) is 0 Å². The Morgan fingerprint density at radius 1 is 0.794 bits per heavy atom. The summed E-state index contributed by atoms with van der Waals surface area (Å²) in [5.41, 5.74) is 6.52. The van der Waals surface area contributed by atoms with Gasteiger partial charge in [-0.15, -0.1) is 35.3 Å². The fourth-order valence-electron chi connectivity index (χ4n) is 13.3. The molecule has 2 fully saturated rings. The molecule has 30 heteroatoms. The minimum absolute atomic E-state index is 0.00528. The summed E-state index contributed by atoms with van der Waals surface area (Å²) in [6.45, 7) is 5.28. The van der Waals surface area contributed by atoms with Crippen molar-refractivity contribution >= 4 is 126 Å². The fraction of sp³-hybridized carbons (Fsp3) is 0.325. The molecule has 5 aliphatic heterocycles. The van der Waals surface area contributed by atoms with Gasteiger partial charge in [-0.3, -0.25) is 38.2 Å². The van der Waals surface area contributed by atoms with Crippen LogP contribution >= 0.6 is 35.3 Å². The molecule has 0 aromatic heterocycles. The summed E-state index contributed by atoms with van der Waals surface area (Å²) in [6.07, 6.45) is 6.08. The van der Waals surface area contributed by atoms with Crippen LogP contribution in [-0.4, -0.2) is 164 Å². The summed E-state index contributed by atoms with van der Waals surface area (Å²) in [4.78, 5) is 112. The van der Waals surface area contributed by atoms with E-state index in [1.54, 1.807) is 75.4 Å². The van der Waals surface area contributed by atoms with E-state index in [0.717, 1.165) is 33.6 Å². The molecular weight excluding hydrogens is 1470 g/mol. The molecule has 25 nitrogen and oxygen atoms in total. The van der Waals surface area contributed by atoms with Crippen LogP contribution in [0, 0.1) is 5.92 Å². The maximum atomic E-state index is 15.0. The lowest BCUT2D eigenvalue weighted by molar-refractivity contribution is -0.154. The SMILES string of the molecule is CNC(=O)CCCNC(=O)C(CSCC(=O)Nc1ccc(SCC2=C(C(=O)OC(c3ccccc3)c3ccccc3)N3C(=O)C(NC(=O)CNC(=O)OC(C)(C)C)C3SC2)cc1)NC(=O)C1CCN(S(=O)(=O)c2ccccc2C2=C3C=CCC=C3Oc3cc(N4CCc5cc(S(=O)(=O)O)ccc54)ccc32)CC1. The number of anilines is 3. The lowest BCUT2D eigenvalue weighted by Crippen LogP contribution is -2.71. The van der Waals surface area contributed by atoms with Crippen LogP contribution in [0.3, 0.4) is 0 Å². The van der Waals surface area contributed by atoms with Gasteiger partial charge in [-0.25, -0.2) is 18.0 Å². The number of piperidine rings is 1. The molecule has 0 spiro atoms. The molecule has 6 aromatic carbocycles. The maximum Gasteiger partial charge on any atom is 0.408 e. The third-order valence-corrected chi connectivity index (χ3v) is 24.8. The van der Waals surface area contributed by atoms with Gasteiger partial charge in [0.15, 0.2) is 6.10 Å². The van der Waals surface area contributed by atoms with Crippen molar-refractivity contribution in [3.63, 3.8) is 0 Å². The van der Waals surface area contributed by atoms with Crippen LogP contribution in [0.4, 0.5) is 21.9 Å². The Morgan fingerprint density at radius 2 is 1.50 bits per heavy atom. The molecule has 107 heavy (non-hydrogen) atoms. The largest absolute Gasteiger partial charge is 0.456 e. The van der Waals surface area contributed by atoms with Gasteiger partial charge in [-0.2, -0.15) is 12.7 Å². The molecule has 6 aliphatic rings. The van der Waals surface area contributed by atoms with E-state index in [-0.39, 0.29) is 77.6 Å². The predicted octanol–water partition coefficient (Wildman–Crippen LogP) is 9.17. The zero-order valence-electron chi connectivity index (χ0n) is 59.0. The van der Waals surface area contributed by atoms with Crippen molar-refractivity contribution in [3.05, 3.63) is 214 Å². The number of thioether (sulfide) groups is 3. The van der Waals surface area contributed by atoms with Crippen molar-refractivity contribution in [2.45, 2.75) is 103 Å². The molecule has 0 saturated carbocycles. The van der Waals surface area contributed by atoms with E-state index < -0.39 is 103 Å². The van der Waals surface area contributed by atoms with E-state index in [2.05, 4.69) is 31.9 Å². The number of sulfonamides is 1. The van der Waals surface area contributed by atoms with E-state index in [1.165, 1.54) is 51.9 Å². The third-order valence-electron chi connectivity index (χ3n) is 18.5. The first-order valence-corrected chi connectivity index (χ1v) is 40.9. The number of nitrogens with zero attached hydrogens (tertiary/aromatic N) is 3. The van der Waals surface area contributed by atoms with Gasteiger partial charge in [0.25, 0.3) is 16.0 Å². The van der Waals surface area contributed by atoms with E-state index in [1.807, 2.05) is 102 Å². The van der Waals surface area contributed by atoms with Crippen molar-refractivity contribution in [2.75, 3.05) is 73.0 Å². The van der Waals surface area contributed by atoms with Crippen LogP contribution < -0.4 is 41.5 Å². The lowest BCUT2D eigenvalue weighted by Gasteiger charge is -2.49. The van der Waals surface area contributed by atoms with Gasteiger partial charge in [0.1, 0.15) is 46.8 Å². The number of hydrogen-bond donors (Lipinski definition) is 7. The van der Waals surface area contributed by atoms with Crippen LogP contribution in [0.5, 0.6) is 5.75 Å². The Morgan fingerprint density at radius 3 is 2.21 bits per heavy atom. The number of rotatable bonds is 27. The monoisotopic (exact) mass is 1550 g/mol. The lowest BCUT2D eigenvalue weighted by atomic mass is 9.87. The number of carbonyl (C=O) groups is 8. The Labute approximate surface area is 633 Å². The molecule has 7 N–H and O–H groups in total. The molecule has 7 amide bonds. The Kier molecular flexibility index (Phi) is 24.2. The first-order chi connectivity index (χ1) is 51.3. The summed E-state index contributed by atoms with van der Waals surface area (Å²) in [5, 5.41) is 15.6. The summed E-state index contributed by atoms with van der Waals surface area (Å²) in [7, 11) is -7.10. The molecule has 3 unspecified atom stereocenters. The number of amides is 7. The molecule has 2 saturated heterocycles.